The van der Waals surface area contributed by atoms with Gasteiger partial charge in [-0.15, -0.1) is 0 Å². The average Bonchev–Trinajstić information content (AvgIpc) is 2.54. The molecule has 1 N–H and O–H groups in total. The minimum absolute atomic E-state index is 0.349. The van der Waals surface area contributed by atoms with Crippen LogP contribution in [0, 0.1) is 0 Å². The molecule has 1 aromatic carbocycles. The molecule has 0 aliphatic heterocycles. The number of ether oxygens (including phenoxy) is 1. The predicted molar refractivity (Wildman–Crippen MR) is 114 cm³/mol. The Morgan fingerprint density at radius 2 is 2.19 bits per heavy atom. The number of benzene rings is 1. The Balaban J connectivity index is 2.10. The first-order valence-electron chi connectivity index (χ1n) is 8.12. The molecule has 0 aliphatic rings. The van der Waals surface area contributed by atoms with Crippen LogP contribution in [0.1, 0.15) is 27.7 Å². The maximum Gasteiger partial charge on any atom is 0.146 e. The maximum atomic E-state index is 6.32. The highest BCUT2D eigenvalue weighted by Gasteiger charge is 2.21. The second-order valence-electron chi connectivity index (χ2n) is 6.25. The predicted octanol–water partition coefficient (Wildman–Crippen LogP) is 5.14. The molecule has 1 unspecified atom stereocenters. The molecule has 26 heavy (non-hydrogen) atoms. The highest BCUT2D eigenvalue weighted by molar-refractivity contribution is 9.10. The zero-order chi connectivity index (χ0) is 19.3. The van der Waals surface area contributed by atoms with Crippen molar-refractivity contribution in [3.8, 4) is 5.75 Å². The lowest BCUT2D eigenvalue weighted by Gasteiger charge is -2.26. The maximum absolute atomic E-state index is 6.32. The van der Waals surface area contributed by atoms with Crippen molar-refractivity contribution in [2.75, 3.05) is 6.61 Å². The topological polar surface area (TPSA) is 55.7 Å². The molecule has 0 bridgehead atoms. The minimum Gasteiger partial charge on any atom is -0.484 e. The molecule has 0 spiro atoms. The van der Waals surface area contributed by atoms with Crippen LogP contribution >= 0.6 is 39.7 Å². The molecule has 1 heterocycles. The fourth-order valence-electron chi connectivity index (χ4n) is 2.17. The van der Waals surface area contributed by atoms with Gasteiger partial charge in [-0.05, 0) is 55.8 Å². The second-order valence-corrected chi connectivity index (χ2v) is 8.02. The van der Waals surface area contributed by atoms with Gasteiger partial charge in [0.15, 0.2) is 0 Å². The summed E-state index contributed by atoms with van der Waals surface area (Å²) in [6.45, 7) is 8.17. The van der Waals surface area contributed by atoms with Crippen molar-refractivity contribution in [3.05, 3.63) is 33.9 Å². The van der Waals surface area contributed by atoms with Crippen LogP contribution in [-0.4, -0.2) is 34.4 Å². The molecule has 140 valence electrons. The Kier molecular flexibility index (Phi) is 7.20. The van der Waals surface area contributed by atoms with E-state index in [0.717, 1.165) is 15.4 Å². The number of hydrogen-bond donors (Lipinski definition) is 1. The lowest BCUT2D eigenvalue weighted by atomic mass is 10.1. The molecule has 0 aliphatic carbocycles. The van der Waals surface area contributed by atoms with Crippen molar-refractivity contribution in [2.24, 2.45) is 5.16 Å². The molecular formula is C18H21BrClN3O2S. The van der Waals surface area contributed by atoms with E-state index in [2.05, 4.69) is 31.4 Å². The van der Waals surface area contributed by atoms with Gasteiger partial charge in [0.1, 0.15) is 23.4 Å². The lowest BCUT2D eigenvalue weighted by Crippen LogP contribution is -2.48. The van der Waals surface area contributed by atoms with Crippen molar-refractivity contribution in [2.45, 2.75) is 39.3 Å². The number of nitrogens with one attached hydrogen (secondary N) is 1. The van der Waals surface area contributed by atoms with Crippen LogP contribution in [0.25, 0.3) is 10.9 Å². The summed E-state index contributed by atoms with van der Waals surface area (Å²) >= 11 is 15.2. The summed E-state index contributed by atoms with van der Waals surface area (Å²) in [7, 11) is 0. The fraction of sp³-hybridized carbons (Fsp3) is 0.389. The Morgan fingerprint density at radius 3 is 2.88 bits per heavy atom. The van der Waals surface area contributed by atoms with Gasteiger partial charge in [0, 0.05) is 22.1 Å². The summed E-state index contributed by atoms with van der Waals surface area (Å²) in [4.78, 5) is 9.88. The highest BCUT2D eigenvalue weighted by atomic mass is 79.9. The quantitative estimate of drug-likeness (QED) is 0.354. The first-order chi connectivity index (χ1) is 12.2. The smallest absolute Gasteiger partial charge is 0.146 e. The molecule has 0 saturated carbocycles. The number of fused-ring (bicyclic) bond motifs is 1. The van der Waals surface area contributed by atoms with E-state index < -0.39 is 5.54 Å². The number of oxime groups is 1. The summed E-state index contributed by atoms with van der Waals surface area (Å²) in [5, 5.41) is 8.53. The SMILES string of the molecule is CCON=CC(C)(C)NC(=S)C(C)Oc1cc(Cl)c2ncc(Br)cc2c1. The second kappa shape index (κ2) is 8.97. The van der Waals surface area contributed by atoms with Gasteiger partial charge >= 0.3 is 0 Å². The van der Waals surface area contributed by atoms with Gasteiger partial charge in [-0.3, -0.25) is 4.98 Å². The lowest BCUT2D eigenvalue weighted by molar-refractivity contribution is 0.158. The van der Waals surface area contributed by atoms with Crippen LogP contribution in [0.4, 0.5) is 0 Å². The third-order valence-electron chi connectivity index (χ3n) is 3.38. The summed E-state index contributed by atoms with van der Waals surface area (Å²) in [5.74, 6) is 0.625. The number of aromatic nitrogens is 1. The van der Waals surface area contributed by atoms with E-state index in [1.165, 1.54) is 0 Å². The van der Waals surface area contributed by atoms with Crippen molar-refractivity contribution in [3.63, 3.8) is 0 Å². The third-order valence-corrected chi connectivity index (χ3v) is 4.54. The zero-order valence-electron chi connectivity index (χ0n) is 15.0. The molecule has 2 rings (SSSR count). The average molecular weight is 459 g/mol. The van der Waals surface area contributed by atoms with Gasteiger partial charge in [-0.25, -0.2) is 0 Å². The van der Waals surface area contributed by atoms with Crippen LogP contribution in [0.15, 0.2) is 34.0 Å². The van der Waals surface area contributed by atoms with Crippen LogP contribution in [0.5, 0.6) is 5.75 Å². The number of rotatable bonds is 7. The molecule has 8 heteroatoms. The molecule has 5 nitrogen and oxygen atoms in total. The zero-order valence-corrected chi connectivity index (χ0v) is 18.2. The fourth-order valence-corrected chi connectivity index (χ4v) is 3.10. The van der Waals surface area contributed by atoms with E-state index in [1.54, 1.807) is 18.5 Å². The monoisotopic (exact) mass is 457 g/mol. The number of thiocarbonyl (C=S) groups is 1. The Morgan fingerprint density at radius 1 is 1.46 bits per heavy atom. The highest BCUT2D eigenvalue weighted by Crippen LogP contribution is 2.30. The first kappa shape index (κ1) is 20.9. The summed E-state index contributed by atoms with van der Waals surface area (Å²) in [6.07, 6.45) is 3.03. The first-order valence-corrected chi connectivity index (χ1v) is 9.69. The molecule has 2 aromatic rings. The van der Waals surface area contributed by atoms with Crippen molar-refractivity contribution < 1.29 is 9.57 Å². The number of hydrogen-bond acceptors (Lipinski definition) is 5. The summed E-state index contributed by atoms with van der Waals surface area (Å²) in [5.41, 5.74) is 0.267. The number of nitrogens with zero attached hydrogens (tertiary/aromatic N) is 2. The van der Waals surface area contributed by atoms with Crippen molar-refractivity contribution in [1.29, 1.82) is 0 Å². The van der Waals surface area contributed by atoms with Gasteiger partial charge in [0.05, 0.1) is 22.3 Å². The Bertz CT molecular complexity index is 829. The molecule has 0 saturated heterocycles. The molecule has 0 radical (unpaired) electrons. The molecule has 1 aromatic heterocycles. The van der Waals surface area contributed by atoms with E-state index in [4.69, 9.17) is 33.4 Å². The van der Waals surface area contributed by atoms with E-state index in [-0.39, 0.29) is 6.10 Å². The minimum atomic E-state index is -0.459. The molecule has 0 fully saturated rings. The van der Waals surface area contributed by atoms with Gasteiger partial charge in [0.25, 0.3) is 0 Å². The molecule has 1 atom stereocenters. The van der Waals surface area contributed by atoms with Gasteiger partial charge < -0.3 is 14.9 Å². The van der Waals surface area contributed by atoms with Crippen LogP contribution in [-0.2, 0) is 4.84 Å². The van der Waals surface area contributed by atoms with Gasteiger partial charge in [-0.1, -0.05) is 29.0 Å². The van der Waals surface area contributed by atoms with Crippen LogP contribution in [0.3, 0.4) is 0 Å². The Hall–Kier alpha value is -1.44. The molecular weight excluding hydrogens is 438 g/mol. The van der Waals surface area contributed by atoms with Crippen LogP contribution < -0.4 is 10.1 Å². The van der Waals surface area contributed by atoms with E-state index >= 15 is 0 Å². The van der Waals surface area contributed by atoms with Gasteiger partial charge in [-0.2, -0.15) is 0 Å². The van der Waals surface area contributed by atoms with Crippen molar-refractivity contribution in [1.82, 2.24) is 10.3 Å². The van der Waals surface area contributed by atoms with Gasteiger partial charge in [0.2, 0.25) is 0 Å². The number of halogens is 2. The van der Waals surface area contributed by atoms with E-state index in [1.807, 2.05) is 39.8 Å². The third kappa shape index (κ3) is 5.79. The van der Waals surface area contributed by atoms with E-state index in [9.17, 15) is 0 Å². The largest absolute Gasteiger partial charge is 0.484 e. The van der Waals surface area contributed by atoms with Crippen molar-refractivity contribution >= 4 is 61.9 Å². The summed E-state index contributed by atoms with van der Waals surface area (Å²) in [6, 6.07) is 5.57. The normalized spacial score (nSPS) is 13.0. The van der Waals surface area contributed by atoms with Crippen LogP contribution in [0.2, 0.25) is 5.02 Å². The standard InChI is InChI=1S/C18H21BrClN3O2S/c1-5-24-22-10-18(3,4)23-17(26)11(2)25-14-7-12-6-13(19)9-21-16(12)15(20)8-14/h6-11H,5H2,1-4H3,(H,23,26). The summed E-state index contributed by atoms with van der Waals surface area (Å²) < 4.78 is 6.84. The molecule has 0 amide bonds. The van der Waals surface area contributed by atoms with E-state index in [0.29, 0.717) is 22.4 Å². The number of pyridine rings is 1. The Labute approximate surface area is 172 Å².